The molecule has 4 rings (SSSR count). The normalized spacial score (nSPS) is 24.6. The number of carbonyl (C=O) groups is 2. The zero-order valence-electron chi connectivity index (χ0n) is 14.4. The van der Waals surface area contributed by atoms with Crippen LogP contribution in [0.5, 0.6) is 0 Å². The van der Waals surface area contributed by atoms with E-state index in [-0.39, 0.29) is 11.8 Å². The van der Waals surface area contributed by atoms with Gasteiger partial charge in [-0.3, -0.25) is 9.59 Å². The summed E-state index contributed by atoms with van der Waals surface area (Å²) in [5, 5.41) is 2.81. The fourth-order valence-corrected chi connectivity index (χ4v) is 5.43. The van der Waals surface area contributed by atoms with E-state index in [9.17, 15) is 14.0 Å². The van der Waals surface area contributed by atoms with Crippen molar-refractivity contribution in [1.82, 2.24) is 4.90 Å². The van der Waals surface area contributed by atoms with Crippen LogP contribution in [0.3, 0.4) is 0 Å². The molecule has 2 fully saturated rings. The Morgan fingerprint density at radius 3 is 2.81 bits per heavy atom. The van der Waals surface area contributed by atoms with Gasteiger partial charge in [-0.2, -0.15) is 0 Å². The summed E-state index contributed by atoms with van der Waals surface area (Å²) in [5.41, 5.74) is 2.28. The van der Waals surface area contributed by atoms with Crippen molar-refractivity contribution in [1.29, 1.82) is 0 Å². The molecule has 134 valence electrons. The largest absolute Gasteiger partial charge is 0.324 e. The molecule has 6 heteroatoms. The molecule has 0 unspecified atom stereocenters. The van der Waals surface area contributed by atoms with E-state index >= 15 is 0 Å². The van der Waals surface area contributed by atoms with Crippen molar-refractivity contribution in [3.8, 4) is 0 Å². The van der Waals surface area contributed by atoms with Crippen molar-refractivity contribution >= 4 is 29.3 Å². The molecule has 2 aliphatic rings. The Kier molecular flexibility index (Phi) is 4.23. The number of halogens is 1. The minimum absolute atomic E-state index is 0.00466. The minimum atomic E-state index is -0.558. The van der Waals surface area contributed by atoms with Crippen LogP contribution in [0.4, 0.5) is 10.1 Å². The second kappa shape index (κ2) is 6.43. The van der Waals surface area contributed by atoms with Gasteiger partial charge in [-0.25, -0.2) is 4.39 Å². The first kappa shape index (κ1) is 17.1. The Balaban J connectivity index is 1.63. The Hall–Kier alpha value is -2.34. The number of amides is 2. The van der Waals surface area contributed by atoms with Crippen molar-refractivity contribution in [3.63, 3.8) is 0 Å². The SMILES string of the molecule is Cc1ccc(F)cc1NC(=O)[C@@H]1CS[C@@]2(c3ccccc3)CCC(=O)N12. The molecule has 2 atom stereocenters. The fraction of sp³-hybridized carbons (Fsp3) is 0.300. The van der Waals surface area contributed by atoms with Crippen molar-refractivity contribution in [2.75, 3.05) is 11.1 Å². The quantitative estimate of drug-likeness (QED) is 0.897. The second-order valence-electron chi connectivity index (χ2n) is 6.69. The maximum absolute atomic E-state index is 13.5. The first-order chi connectivity index (χ1) is 12.5. The minimum Gasteiger partial charge on any atom is -0.324 e. The Morgan fingerprint density at radius 1 is 1.27 bits per heavy atom. The van der Waals surface area contributed by atoms with Gasteiger partial charge < -0.3 is 10.2 Å². The third-order valence-corrected chi connectivity index (χ3v) is 6.71. The predicted molar refractivity (Wildman–Crippen MR) is 100 cm³/mol. The van der Waals surface area contributed by atoms with E-state index in [1.165, 1.54) is 12.1 Å². The summed E-state index contributed by atoms with van der Waals surface area (Å²) in [5.74, 6) is -0.141. The van der Waals surface area contributed by atoms with Gasteiger partial charge in [0.1, 0.15) is 16.7 Å². The Morgan fingerprint density at radius 2 is 2.04 bits per heavy atom. The van der Waals surface area contributed by atoms with Gasteiger partial charge in [0.05, 0.1) is 0 Å². The number of rotatable bonds is 3. The van der Waals surface area contributed by atoms with E-state index in [4.69, 9.17) is 0 Å². The number of thioether (sulfide) groups is 1. The zero-order chi connectivity index (χ0) is 18.3. The lowest BCUT2D eigenvalue weighted by Crippen LogP contribution is -2.48. The molecule has 0 radical (unpaired) electrons. The number of hydrogen-bond donors (Lipinski definition) is 1. The number of fused-ring (bicyclic) bond motifs is 1. The Bertz CT molecular complexity index is 873. The zero-order valence-corrected chi connectivity index (χ0v) is 15.2. The third-order valence-electron chi connectivity index (χ3n) is 5.11. The molecule has 0 saturated carbocycles. The van der Waals surface area contributed by atoms with Crippen LogP contribution in [0, 0.1) is 12.7 Å². The molecule has 0 spiro atoms. The summed E-state index contributed by atoms with van der Waals surface area (Å²) in [7, 11) is 0. The topological polar surface area (TPSA) is 49.4 Å². The van der Waals surface area contributed by atoms with E-state index in [1.807, 2.05) is 37.3 Å². The third kappa shape index (κ3) is 2.69. The highest BCUT2D eigenvalue weighted by Crippen LogP contribution is 2.54. The number of anilines is 1. The molecule has 2 heterocycles. The van der Waals surface area contributed by atoms with E-state index in [0.717, 1.165) is 11.1 Å². The van der Waals surface area contributed by atoms with Gasteiger partial charge in [0, 0.05) is 17.9 Å². The van der Waals surface area contributed by atoms with Crippen LogP contribution in [-0.2, 0) is 14.5 Å². The molecule has 2 aliphatic heterocycles. The second-order valence-corrected chi connectivity index (χ2v) is 7.99. The number of carbonyl (C=O) groups excluding carboxylic acids is 2. The number of benzene rings is 2. The van der Waals surface area contributed by atoms with Crippen LogP contribution in [0.1, 0.15) is 24.0 Å². The fourth-order valence-electron chi connectivity index (χ4n) is 3.78. The number of aryl methyl sites for hydroxylation is 1. The van der Waals surface area contributed by atoms with Crippen LogP contribution in [0.2, 0.25) is 0 Å². The van der Waals surface area contributed by atoms with Crippen LogP contribution in [0.15, 0.2) is 48.5 Å². The van der Waals surface area contributed by atoms with Crippen molar-refractivity contribution in [2.45, 2.75) is 30.7 Å². The number of nitrogens with one attached hydrogen (secondary N) is 1. The maximum Gasteiger partial charge on any atom is 0.248 e. The summed E-state index contributed by atoms with van der Waals surface area (Å²) in [4.78, 5) is 26.8. The molecule has 2 saturated heterocycles. The van der Waals surface area contributed by atoms with E-state index in [2.05, 4.69) is 5.32 Å². The van der Waals surface area contributed by atoms with Gasteiger partial charge in [-0.1, -0.05) is 36.4 Å². The lowest BCUT2D eigenvalue weighted by molar-refractivity contribution is -0.136. The molecule has 0 aromatic heterocycles. The number of hydrogen-bond acceptors (Lipinski definition) is 3. The van der Waals surface area contributed by atoms with Crippen LogP contribution < -0.4 is 5.32 Å². The molecule has 0 aliphatic carbocycles. The molecule has 0 bridgehead atoms. The van der Waals surface area contributed by atoms with E-state index in [1.54, 1.807) is 22.7 Å². The summed E-state index contributed by atoms with van der Waals surface area (Å²) in [6, 6.07) is 13.6. The molecular weight excluding hydrogens is 351 g/mol. The molecular formula is C20H19FN2O2S. The summed E-state index contributed by atoms with van der Waals surface area (Å²) in [6.07, 6.45) is 1.13. The number of nitrogens with zero attached hydrogens (tertiary/aromatic N) is 1. The summed E-state index contributed by atoms with van der Waals surface area (Å²) >= 11 is 1.64. The Labute approximate surface area is 155 Å². The lowest BCUT2D eigenvalue weighted by atomic mass is 10.0. The van der Waals surface area contributed by atoms with Crippen LogP contribution in [-0.4, -0.2) is 28.5 Å². The van der Waals surface area contributed by atoms with E-state index in [0.29, 0.717) is 24.3 Å². The van der Waals surface area contributed by atoms with Gasteiger partial charge in [-0.15, -0.1) is 11.8 Å². The molecule has 2 amide bonds. The van der Waals surface area contributed by atoms with Gasteiger partial charge >= 0.3 is 0 Å². The van der Waals surface area contributed by atoms with Crippen LogP contribution >= 0.6 is 11.8 Å². The van der Waals surface area contributed by atoms with Crippen molar-refractivity contribution < 1.29 is 14.0 Å². The molecule has 1 N–H and O–H groups in total. The van der Waals surface area contributed by atoms with Crippen molar-refractivity contribution in [2.24, 2.45) is 0 Å². The standard InChI is InChI=1S/C20H19FN2O2S/c1-13-7-8-15(21)11-16(13)22-19(25)17-12-26-20(10-9-18(24)23(17)20)14-5-3-2-4-6-14/h2-8,11,17H,9-10,12H2,1H3,(H,22,25)/t17-,20+/m0/s1. The summed E-state index contributed by atoms with van der Waals surface area (Å²) < 4.78 is 13.5. The van der Waals surface area contributed by atoms with Gasteiger partial charge in [0.15, 0.2) is 0 Å². The monoisotopic (exact) mass is 370 g/mol. The van der Waals surface area contributed by atoms with Gasteiger partial charge in [0.2, 0.25) is 11.8 Å². The molecule has 26 heavy (non-hydrogen) atoms. The lowest BCUT2D eigenvalue weighted by Gasteiger charge is -2.34. The van der Waals surface area contributed by atoms with Gasteiger partial charge in [-0.05, 0) is 36.6 Å². The average Bonchev–Trinajstić information content (AvgIpc) is 3.18. The highest BCUT2D eigenvalue weighted by molar-refractivity contribution is 8.00. The molecule has 4 nitrogen and oxygen atoms in total. The van der Waals surface area contributed by atoms with Gasteiger partial charge in [0.25, 0.3) is 0 Å². The maximum atomic E-state index is 13.5. The average molecular weight is 370 g/mol. The highest BCUT2D eigenvalue weighted by Gasteiger charge is 2.56. The first-order valence-corrected chi connectivity index (χ1v) is 9.58. The predicted octanol–water partition coefficient (Wildman–Crippen LogP) is 3.66. The first-order valence-electron chi connectivity index (χ1n) is 8.60. The van der Waals surface area contributed by atoms with E-state index < -0.39 is 16.7 Å². The molecule has 2 aromatic carbocycles. The van der Waals surface area contributed by atoms with Crippen molar-refractivity contribution in [3.05, 3.63) is 65.5 Å². The van der Waals surface area contributed by atoms with Crippen LogP contribution in [0.25, 0.3) is 0 Å². The molecule has 2 aromatic rings. The highest BCUT2D eigenvalue weighted by atomic mass is 32.2. The smallest absolute Gasteiger partial charge is 0.248 e. The summed E-state index contributed by atoms with van der Waals surface area (Å²) in [6.45, 7) is 1.81.